The zero-order valence-electron chi connectivity index (χ0n) is 20.1. The first-order valence-corrected chi connectivity index (χ1v) is 12.6. The van der Waals surface area contributed by atoms with Crippen LogP contribution in [0.25, 0.3) is 10.8 Å². The number of rotatable bonds is 8. The third-order valence-electron chi connectivity index (χ3n) is 5.96. The van der Waals surface area contributed by atoms with Crippen molar-refractivity contribution in [2.75, 3.05) is 0 Å². The molecule has 0 spiro atoms. The van der Waals surface area contributed by atoms with E-state index < -0.39 is 10.8 Å². The van der Waals surface area contributed by atoms with Crippen LogP contribution in [0.2, 0.25) is 0 Å². The maximum atomic E-state index is 14.5. The molecule has 3 aromatic carbocycles. The highest BCUT2D eigenvalue weighted by atomic mass is 32.2. The summed E-state index contributed by atoms with van der Waals surface area (Å²) < 4.78 is 14.5. The minimum Gasteiger partial charge on any atom is -0.294 e. The summed E-state index contributed by atoms with van der Waals surface area (Å²) >= 11 is 0. The Morgan fingerprint density at radius 2 is 1.47 bits per heavy atom. The van der Waals surface area contributed by atoms with E-state index in [0.29, 0.717) is 16.4 Å². The molecule has 2 nitrogen and oxygen atoms in total. The van der Waals surface area contributed by atoms with Crippen LogP contribution < -0.4 is 0 Å². The molecule has 0 saturated heterocycles. The van der Waals surface area contributed by atoms with E-state index in [9.17, 15) is 9.00 Å². The molecule has 0 N–H and O–H groups in total. The van der Waals surface area contributed by atoms with Gasteiger partial charge in [0.05, 0.1) is 20.6 Å². The molecule has 3 aromatic rings. The predicted molar refractivity (Wildman–Crippen MR) is 136 cm³/mol. The molecule has 32 heavy (non-hydrogen) atoms. The molecular formula is C29H34O2S. The van der Waals surface area contributed by atoms with E-state index in [0.717, 1.165) is 26.8 Å². The van der Waals surface area contributed by atoms with Gasteiger partial charge in [0.1, 0.15) is 0 Å². The van der Waals surface area contributed by atoms with Crippen molar-refractivity contribution >= 4 is 27.4 Å². The predicted octanol–water partition coefficient (Wildman–Crippen LogP) is 8.14. The first-order valence-electron chi connectivity index (χ1n) is 11.4. The number of hydrogen-bond acceptors (Lipinski definition) is 2. The van der Waals surface area contributed by atoms with Crippen molar-refractivity contribution in [1.29, 1.82) is 0 Å². The Hall–Kier alpha value is -2.52. The highest BCUT2D eigenvalue weighted by Crippen LogP contribution is 2.39. The summed E-state index contributed by atoms with van der Waals surface area (Å²) in [5.74, 6) is 0.764. The lowest BCUT2D eigenvalue weighted by atomic mass is 9.89. The number of fused-ring (bicyclic) bond motifs is 1. The van der Waals surface area contributed by atoms with Gasteiger partial charge in [-0.15, -0.1) is 6.58 Å². The number of ketones is 1. The fraction of sp³-hybridized carbons (Fsp3) is 0.345. The molecular weight excluding hydrogens is 412 g/mol. The van der Waals surface area contributed by atoms with Gasteiger partial charge in [0.25, 0.3) is 0 Å². The highest BCUT2D eigenvalue weighted by Gasteiger charge is 2.26. The Balaban J connectivity index is 2.40. The SMILES string of the molecule is C=CCC(=O)c1ccc2ccccc2c1S(=O)c1c(C(C)C)cc(C(C)C)cc1C(C)C. The van der Waals surface area contributed by atoms with Gasteiger partial charge in [-0.05, 0) is 51.3 Å². The average molecular weight is 447 g/mol. The molecule has 0 aliphatic carbocycles. The van der Waals surface area contributed by atoms with E-state index in [2.05, 4.69) is 60.3 Å². The second kappa shape index (κ2) is 9.95. The number of hydrogen-bond donors (Lipinski definition) is 0. The highest BCUT2D eigenvalue weighted by molar-refractivity contribution is 7.85. The van der Waals surface area contributed by atoms with Crippen LogP contribution in [0.1, 0.15) is 92.8 Å². The molecule has 0 fully saturated rings. The monoisotopic (exact) mass is 446 g/mol. The van der Waals surface area contributed by atoms with Crippen LogP contribution in [0.15, 0.2) is 71.0 Å². The second-order valence-electron chi connectivity index (χ2n) is 9.34. The molecule has 0 heterocycles. The molecule has 1 unspecified atom stereocenters. The summed E-state index contributed by atoms with van der Waals surface area (Å²) in [7, 11) is -1.50. The van der Waals surface area contributed by atoms with Crippen molar-refractivity contribution in [1.82, 2.24) is 0 Å². The van der Waals surface area contributed by atoms with E-state index in [1.54, 1.807) is 6.08 Å². The van der Waals surface area contributed by atoms with Crippen LogP contribution in [0.4, 0.5) is 0 Å². The van der Waals surface area contributed by atoms with Crippen LogP contribution in [0.3, 0.4) is 0 Å². The van der Waals surface area contributed by atoms with Crippen molar-refractivity contribution in [3.63, 3.8) is 0 Å². The van der Waals surface area contributed by atoms with E-state index in [4.69, 9.17) is 0 Å². The van der Waals surface area contributed by atoms with Crippen molar-refractivity contribution in [3.05, 3.63) is 83.4 Å². The molecule has 0 aliphatic rings. The number of benzene rings is 3. The minimum absolute atomic E-state index is 0.0508. The van der Waals surface area contributed by atoms with E-state index in [-0.39, 0.29) is 24.0 Å². The Labute approximate surface area is 195 Å². The lowest BCUT2D eigenvalue weighted by Crippen LogP contribution is -2.12. The maximum absolute atomic E-state index is 14.5. The summed E-state index contributed by atoms with van der Waals surface area (Å²) in [6.07, 6.45) is 1.84. The molecule has 1 atom stereocenters. The van der Waals surface area contributed by atoms with E-state index in [1.807, 2.05) is 36.4 Å². The minimum atomic E-state index is -1.50. The third-order valence-corrected chi connectivity index (χ3v) is 7.61. The fourth-order valence-corrected chi connectivity index (χ4v) is 6.10. The molecule has 0 bridgehead atoms. The topological polar surface area (TPSA) is 34.1 Å². The lowest BCUT2D eigenvalue weighted by Gasteiger charge is -2.23. The van der Waals surface area contributed by atoms with Gasteiger partial charge in [-0.1, -0.05) is 90.1 Å². The average Bonchev–Trinajstić information content (AvgIpc) is 2.76. The van der Waals surface area contributed by atoms with Crippen LogP contribution in [-0.2, 0) is 10.8 Å². The van der Waals surface area contributed by atoms with Gasteiger partial charge in [0.15, 0.2) is 5.78 Å². The zero-order valence-corrected chi connectivity index (χ0v) is 20.9. The molecule has 0 aliphatic heterocycles. The quantitative estimate of drug-likeness (QED) is 0.258. The van der Waals surface area contributed by atoms with Gasteiger partial charge in [-0.25, -0.2) is 4.21 Å². The standard InChI is InChI=1S/C29H34O2S/c1-8-11-27(30)24-15-14-21-12-9-10-13-23(21)28(24)32(31)29-25(19(4)5)16-22(18(2)3)17-26(29)20(6)7/h8-10,12-20H,1,11H2,2-7H3. The Kier molecular flexibility index (Phi) is 7.51. The number of carbonyl (C=O) groups excluding carboxylic acids is 1. The maximum Gasteiger partial charge on any atom is 0.167 e. The largest absolute Gasteiger partial charge is 0.294 e. The first kappa shape index (κ1) is 24.1. The summed E-state index contributed by atoms with van der Waals surface area (Å²) in [6.45, 7) is 16.7. The summed E-state index contributed by atoms with van der Waals surface area (Å²) in [6, 6.07) is 16.1. The molecule has 3 rings (SSSR count). The molecule has 0 aromatic heterocycles. The molecule has 0 saturated carbocycles. The van der Waals surface area contributed by atoms with E-state index >= 15 is 0 Å². The van der Waals surface area contributed by atoms with Crippen molar-refractivity contribution in [3.8, 4) is 0 Å². The first-order chi connectivity index (χ1) is 15.2. The van der Waals surface area contributed by atoms with Gasteiger partial charge in [-0.3, -0.25) is 4.79 Å². The second-order valence-corrected chi connectivity index (χ2v) is 10.7. The molecule has 0 amide bonds. The Morgan fingerprint density at radius 1 is 0.875 bits per heavy atom. The molecule has 168 valence electrons. The van der Waals surface area contributed by atoms with Crippen molar-refractivity contribution in [2.24, 2.45) is 0 Å². The van der Waals surface area contributed by atoms with Gasteiger partial charge in [0.2, 0.25) is 0 Å². The van der Waals surface area contributed by atoms with Gasteiger partial charge in [0, 0.05) is 12.0 Å². The Bertz CT molecular complexity index is 1160. The number of allylic oxidation sites excluding steroid dienone is 1. The van der Waals surface area contributed by atoms with E-state index in [1.165, 1.54) is 5.56 Å². The molecule has 0 radical (unpaired) electrons. The zero-order chi connectivity index (χ0) is 23.6. The van der Waals surface area contributed by atoms with Crippen LogP contribution >= 0.6 is 0 Å². The number of carbonyl (C=O) groups is 1. The van der Waals surface area contributed by atoms with Crippen LogP contribution in [0.5, 0.6) is 0 Å². The van der Waals surface area contributed by atoms with Crippen molar-refractivity contribution in [2.45, 2.75) is 75.5 Å². The Morgan fingerprint density at radius 3 is 2.00 bits per heavy atom. The van der Waals surface area contributed by atoms with Crippen LogP contribution in [0, 0.1) is 0 Å². The van der Waals surface area contributed by atoms with Crippen molar-refractivity contribution < 1.29 is 9.00 Å². The normalized spacial score (nSPS) is 12.7. The van der Waals surface area contributed by atoms with Gasteiger partial charge >= 0.3 is 0 Å². The number of Topliss-reactive ketones (excluding diaryl/α,β-unsaturated/α-hetero) is 1. The van der Waals surface area contributed by atoms with Gasteiger partial charge < -0.3 is 0 Å². The fourth-order valence-electron chi connectivity index (χ4n) is 4.11. The summed E-state index contributed by atoms with van der Waals surface area (Å²) in [5.41, 5.74) is 4.00. The van der Waals surface area contributed by atoms with Gasteiger partial charge in [-0.2, -0.15) is 0 Å². The molecule has 3 heteroatoms. The summed E-state index contributed by atoms with van der Waals surface area (Å²) in [5, 5.41) is 1.86. The summed E-state index contributed by atoms with van der Waals surface area (Å²) in [4.78, 5) is 14.5. The lowest BCUT2D eigenvalue weighted by molar-refractivity contribution is 0.0993. The third kappa shape index (κ3) is 4.63. The van der Waals surface area contributed by atoms with Crippen LogP contribution in [-0.4, -0.2) is 9.99 Å². The smallest absolute Gasteiger partial charge is 0.167 e.